The first-order chi connectivity index (χ1) is 31.1. The fraction of sp³-hybridized carbons (Fsp3) is 0.462. The standard InChI is InChI=1S/C52H60N4S6Si.2W/c1-5-9-13-17-21-35-23-29-41(57-35)37-25-27-39(49-47(37)53-61-55-49)43-33-45-51(59-43)52-46(63(45,31-19-15-11-7-3)32-20-16-12-8-4)34-44(60-52)40-28-26-38(48-50(40)56-62-54-48)42-30-24-36(58-42)22-18-14-10-6-2;;/h23-26,29-30,33-34H,5-22,31-32H2,1-4H3;;/q-2;;. The number of nitrogens with zero attached hydrogens (tertiary/aromatic N) is 4. The number of aromatic nitrogens is 4. The maximum atomic E-state index is 4.99. The van der Waals surface area contributed by atoms with Gasteiger partial charge < -0.3 is 0 Å². The average molecular weight is 1330 g/mol. The molecule has 0 amide bonds. The van der Waals surface area contributed by atoms with Crippen molar-refractivity contribution in [1.82, 2.24) is 17.5 Å². The fourth-order valence-corrected chi connectivity index (χ4v) is 22.5. The minimum absolute atomic E-state index is 0. The summed E-state index contributed by atoms with van der Waals surface area (Å²) in [6.45, 7) is 9.24. The number of thiophene rings is 4. The molecule has 4 nitrogen and oxygen atoms in total. The van der Waals surface area contributed by atoms with E-state index >= 15 is 0 Å². The normalized spacial score (nSPS) is 12.8. The second kappa shape index (κ2) is 24.3. The summed E-state index contributed by atoms with van der Waals surface area (Å²) in [4.78, 5) is 11.1. The Morgan fingerprint density at radius 1 is 0.446 bits per heavy atom. The Morgan fingerprint density at radius 2 is 0.846 bits per heavy atom. The van der Waals surface area contributed by atoms with Gasteiger partial charge in [0.15, 0.2) is 0 Å². The first-order valence-electron chi connectivity index (χ1n) is 23.9. The number of fused-ring (bicyclic) bond motifs is 5. The number of unbranched alkanes of at least 4 members (excludes halogenated alkanes) is 12. The third kappa shape index (κ3) is 10.9. The Labute approximate surface area is 441 Å². The number of rotatable bonds is 24. The third-order valence-electron chi connectivity index (χ3n) is 13.2. The Bertz CT molecular complexity index is 2570. The fourth-order valence-electron chi connectivity index (χ4n) is 9.73. The summed E-state index contributed by atoms with van der Waals surface area (Å²) in [6.07, 6.45) is 23.0. The van der Waals surface area contributed by atoms with Crippen molar-refractivity contribution in [2.45, 2.75) is 155 Å². The van der Waals surface area contributed by atoms with Gasteiger partial charge >= 0.3 is 0 Å². The molecule has 0 fully saturated rings. The predicted molar refractivity (Wildman–Crippen MR) is 283 cm³/mol. The van der Waals surface area contributed by atoms with Crippen molar-refractivity contribution in [3.63, 3.8) is 0 Å². The molecule has 0 unspecified atom stereocenters. The van der Waals surface area contributed by atoms with E-state index in [1.165, 1.54) is 188 Å². The van der Waals surface area contributed by atoms with Crippen LogP contribution in [0.4, 0.5) is 0 Å². The predicted octanol–water partition coefficient (Wildman–Crippen LogP) is 17.2. The van der Waals surface area contributed by atoms with E-state index in [2.05, 4.69) is 88.4 Å². The molecule has 1 aliphatic rings. The second-order valence-corrected chi connectivity index (χ2v) is 27.4. The largest absolute Gasteiger partial charge is 0.224 e. The summed E-state index contributed by atoms with van der Waals surface area (Å²) in [5.41, 5.74) is 8.63. The molecule has 0 saturated carbocycles. The molecular formula is C52H60N4S6SiW2-2. The van der Waals surface area contributed by atoms with Gasteiger partial charge in [0.2, 0.25) is 0 Å². The van der Waals surface area contributed by atoms with Gasteiger partial charge in [-0.1, -0.05) is 153 Å². The zero-order valence-corrected chi connectivity index (χ0v) is 50.1. The second-order valence-electron chi connectivity index (χ2n) is 17.6. The Balaban J connectivity index is 0.00000315. The van der Waals surface area contributed by atoms with Crippen LogP contribution in [0.3, 0.4) is 0 Å². The molecule has 13 heteroatoms. The minimum Gasteiger partial charge on any atom is -0.224 e. The molecular weight excluding hydrogens is 1270 g/mol. The van der Waals surface area contributed by atoms with Crippen LogP contribution < -0.4 is 10.4 Å². The minimum atomic E-state index is -2.13. The number of hydrogen-bond acceptors (Lipinski definition) is 10. The van der Waals surface area contributed by atoms with Crippen molar-refractivity contribution in [2.75, 3.05) is 0 Å². The van der Waals surface area contributed by atoms with Crippen LogP contribution in [0.5, 0.6) is 0 Å². The molecule has 0 spiro atoms. The molecule has 7 heterocycles. The van der Waals surface area contributed by atoms with Gasteiger partial charge in [-0.25, -0.2) is 8.75 Å². The Hall–Kier alpha value is -1.53. The third-order valence-corrected chi connectivity index (χ3v) is 24.7. The van der Waals surface area contributed by atoms with Crippen LogP contribution in [0.1, 0.15) is 140 Å². The SMILES string of the molecule is CCCCCCc1ccc(-c2c[c-]c(-c3cc4c(s3)-c3sc(-c5[c-]cc(-c6ccc(CCCCCC)s6)c6nsnc56)cc3[Si]4(CCCCCC)CCCCCC)c3nsnc23)s1.[W].[W]. The first-order valence-corrected chi connectivity index (χ1v) is 31.0. The molecule has 0 saturated heterocycles. The summed E-state index contributed by atoms with van der Waals surface area (Å²) < 4.78 is 19.9. The van der Waals surface area contributed by atoms with Gasteiger partial charge in [-0.2, -0.15) is 54.1 Å². The van der Waals surface area contributed by atoms with Crippen molar-refractivity contribution < 1.29 is 42.1 Å². The van der Waals surface area contributed by atoms with E-state index in [0.29, 0.717) is 0 Å². The molecule has 0 atom stereocenters. The van der Waals surface area contributed by atoms with E-state index in [1.54, 1.807) is 10.4 Å². The molecule has 342 valence electrons. The van der Waals surface area contributed by atoms with E-state index in [0.717, 1.165) is 46.0 Å². The molecule has 9 rings (SSSR count). The monoisotopic (exact) mass is 1330 g/mol. The maximum Gasteiger partial charge on any atom is 0.119 e. The van der Waals surface area contributed by atoms with Crippen LogP contribution in [0.2, 0.25) is 12.1 Å². The summed E-state index contributed by atoms with van der Waals surface area (Å²) >= 11 is 10.5. The smallest absolute Gasteiger partial charge is 0.119 e. The van der Waals surface area contributed by atoms with Crippen molar-refractivity contribution in [3.8, 4) is 51.5 Å². The van der Waals surface area contributed by atoms with Crippen molar-refractivity contribution in [2.24, 2.45) is 0 Å². The van der Waals surface area contributed by atoms with Crippen LogP contribution in [-0.4, -0.2) is 25.6 Å². The van der Waals surface area contributed by atoms with Crippen molar-refractivity contribution >= 4 is 109 Å². The van der Waals surface area contributed by atoms with E-state index in [-0.39, 0.29) is 42.1 Å². The zero-order valence-electron chi connectivity index (χ0n) is 38.3. The molecule has 1 aliphatic heterocycles. The van der Waals surface area contributed by atoms with Crippen LogP contribution in [0.25, 0.3) is 73.6 Å². The van der Waals surface area contributed by atoms with Gasteiger partial charge in [-0.3, -0.25) is 0 Å². The van der Waals surface area contributed by atoms with Crippen molar-refractivity contribution in [3.05, 3.63) is 70.4 Å². The van der Waals surface area contributed by atoms with Crippen LogP contribution >= 0.6 is 68.8 Å². The summed E-state index contributed by atoms with van der Waals surface area (Å²) in [5.74, 6) is 0. The topological polar surface area (TPSA) is 51.6 Å². The summed E-state index contributed by atoms with van der Waals surface area (Å²) in [5, 5.41) is 3.34. The number of aryl methyl sites for hydroxylation is 2. The van der Waals surface area contributed by atoms with Gasteiger partial charge in [0.05, 0.1) is 23.5 Å². The molecule has 2 aromatic carbocycles. The molecule has 0 aliphatic carbocycles. The number of hydrogen-bond donors (Lipinski definition) is 0. The molecule has 6 aromatic heterocycles. The van der Waals surface area contributed by atoms with E-state index < -0.39 is 8.07 Å². The van der Waals surface area contributed by atoms with E-state index in [9.17, 15) is 0 Å². The maximum absolute atomic E-state index is 4.99. The molecule has 65 heavy (non-hydrogen) atoms. The van der Waals surface area contributed by atoms with E-state index in [4.69, 9.17) is 17.5 Å². The first kappa shape index (κ1) is 51.3. The van der Waals surface area contributed by atoms with Gasteiger partial charge in [0.25, 0.3) is 0 Å². The quantitative estimate of drug-likeness (QED) is 0.0344. The Morgan fingerprint density at radius 3 is 1.26 bits per heavy atom. The summed E-state index contributed by atoms with van der Waals surface area (Å²) in [7, 11) is -2.13. The molecule has 0 N–H and O–H groups in total. The van der Waals surface area contributed by atoms with Crippen LogP contribution in [-0.2, 0) is 55.0 Å². The van der Waals surface area contributed by atoms with Gasteiger partial charge in [-0.05, 0) is 79.8 Å². The van der Waals surface area contributed by atoms with Gasteiger partial charge in [0, 0.05) is 83.7 Å². The van der Waals surface area contributed by atoms with Gasteiger partial charge in [0.1, 0.15) is 8.07 Å². The summed E-state index contributed by atoms with van der Waals surface area (Å²) in [6, 6.07) is 29.2. The van der Waals surface area contributed by atoms with E-state index in [1.807, 2.05) is 45.3 Å². The van der Waals surface area contributed by atoms with Gasteiger partial charge in [-0.15, -0.1) is 35.4 Å². The molecule has 0 radical (unpaired) electrons. The number of benzene rings is 2. The van der Waals surface area contributed by atoms with Crippen LogP contribution in [0.15, 0.2) is 48.5 Å². The zero-order chi connectivity index (χ0) is 43.2. The molecule has 8 aromatic rings. The van der Waals surface area contributed by atoms with Crippen LogP contribution in [0, 0.1) is 12.1 Å². The average Bonchev–Trinajstić information content (AvgIpc) is 4.17. The molecule has 0 bridgehead atoms. The Kier molecular flexibility index (Phi) is 19.2. The van der Waals surface area contributed by atoms with Crippen molar-refractivity contribution in [1.29, 1.82) is 0 Å².